The van der Waals surface area contributed by atoms with Gasteiger partial charge in [0.05, 0.1) is 12.7 Å². The third-order valence-corrected chi connectivity index (χ3v) is 4.70. The number of ether oxygens (including phenoxy) is 1. The van der Waals surface area contributed by atoms with Crippen LogP contribution in [0.2, 0.25) is 0 Å². The molecule has 0 spiro atoms. The van der Waals surface area contributed by atoms with Crippen LogP contribution >= 0.6 is 12.2 Å². The van der Waals surface area contributed by atoms with E-state index in [1.54, 1.807) is 25.4 Å². The summed E-state index contributed by atoms with van der Waals surface area (Å²) in [5.74, 6) is 1.12. The van der Waals surface area contributed by atoms with Crippen molar-refractivity contribution in [1.82, 2.24) is 10.3 Å². The van der Waals surface area contributed by atoms with E-state index in [-0.39, 0.29) is 5.91 Å². The molecule has 0 unspecified atom stereocenters. The minimum Gasteiger partial charge on any atom is -0.497 e. The van der Waals surface area contributed by atoms with Crippen LogP contribution in [-0.4, -0.2) is 24.5 Å². The first-order chi connectivity index (χ1) is 11.2. The molecule has 5 heteroatoms. The van der Waals surface area contributed by atoms with Crippen LogP contribution < -0.4 is 10.1 Å². The van der Waals surface area contributed by atoms with Gasteiger partial charge in [-0.15, -0.1) is 0 Å². The van der Waals surface area contributed by atoms with Crippen molar-refractivity contribution in [3.63, 3.8) is 0 Å². The number of aryl methyl sites for hydroxylation is 1. The molecule has 1 aliphatic rings. The molecule has 0 radical (unpaired) electrons. The molecule has 0 fully saturated rings. The van der Waals surface area contributed by atoms with Crippen LogP contribution in [0.15, 0.2) is 36.5 Å². The van der Waals surface area contributed by atoms with Gasteiger partial charge in [0.2, 0.25) is 0 Å². The predicted molar refractivity (Wildman–Crippen MR) is 92.6 cm³/mol. The van der Waals surface area contributed by atoms with Gasteiger partial charge in [-0.25, -0.2) is 0 Å². The lowest BCUT2D eigenvalue weighted by Crippen LogP contribution is -2.30. The Morgan fingerprint density at radius 3 is 3.09 bits per heavy atom. The lowest BCUT2D eigenvalue weighted by atomic mass is 9.82. The second-order valence-corrected chi connectivity index (χ2v) is 6.19. The minimum atomic E-state index is -0.118. The molecule has 0 saturated carbocycles. The van der Waals surface area contributed by atoms with E-state index in [0.717, 1.165) is 25.0 Å². The molecule has 1 heterocycles. The van der Waals surface area contributed by atoms with Crippen molar-refractivity contribution in [2.24, 2.45) is 0 Å². The summed E-state index contributed by atoms with van der Waals surface area (Å²) in [6.07, 6.45) is 5.01. The maximum atomic E-state index is 12.3. The molecule has 1 atom stereocenters. The Morgan fingerprint density at radius 1 is 1.43 bits per heavy atom. The molecule has 4 nitrogen and oxygen atoms in total. The summed E-state index contributed by atoms with van der Waals surface area (Å²) in [4.78, 5) is 15.2. The van der Waals surface area contributed by atoms with E-state index in [2.05, 4.69) is 22.4 Å². The third kappa shape index (κ3) is 3.45. The summed E-state index contributed by atoms with van der Waals surface area (Å²) >= 11 is 5.16. The number of hydrogen-bond acceptors (Lipinski definition) is 3. The number of carbonyl (C=O) groups is 1. The fourth-order valence-electron chi connectivity index (χ4n) is 3.14. The van der Waals surface area contributed by atoms with Crippen molar-refractivity contribution in [2.75, 3.05) is 13.7 Å². The average Bonchev–Trinajstić information content (AvgIpc) is 2.59. The number of carbonyl (C=O) groups excluding carboxylic acids is 1. The third-order valence-electron chi connectivity index (χ3n) is 4.36. The van der Waals surface area contributed by atoms with Gasteiger partial charge in [0.1, 0.15) is 10.4 Å². The number of pyridine rings is 1. The van der Waals surface area contributed by atoms with Gasteiger partial charge < -0.3 is 15.0 Å². The number of rotatable bonds is 4. The highest BCUT2D eigenvalue weighted by Gasteiger charge is 2.21. The Kier molecular flexibility index (Phi) is 4.76. The Bertz CT molecular complexity index is 770. The molecule has 1 aliphatic carbocycles. The molecule has 2 N–H and O–H groups in total. The van der Waals surface area contributed by atoms with Gasteiger partial charge in [-0.05, 0) is 54.7 Å². The Labute approximate surface area is 140 Å². The van der Waals surface area contributed by atoms with Gasteiger partial charge in [-0.3, -0.25) is 4.79 Å². The summed E-state index contributed by atoms with van der Waals surface area (Å²) in [5.41, 5.74) is 3.16. The number of H-pyrrole nitrogens is 1. The van der Waals surface area contributed by atoms with Crippen LogP contribution in [0.1, 0.15) is 40.2 Å². The molecular weight excluding hydrogens is 308 g/mol. The number of methoxy groups -OCH3 is 1. The van der Waals surface area contributed by atoms with Crippen LogP contribution in [0, 0.1) is 4.64 Å². The molecule has 2 aromatic rings. The maximum absolute atomic E-state index is 12.3. The maximum Gasteiger partial charge on any atom is 0.254 e. The first-order valence-corrected chi connectivity index (χ1v) is 8.22. The van der Waals surface area contributed by atoms with E-state index in [0.29, 0.717) is 22.7 Å². The summed E-state index contributed by atoms with van der Waals surface area (Å²) in [7, 11) is 1.69. The fraction of sp³-hybridized carbons (Fsp3) is 0.333. The Balaban J connectivity index is 1.72. The minimum absolute atomic E-state index is 0.118. The van der Waals surface area contributed by atoms with E-state index in [9.17, 15) is 4.79 Å². The molecule has 0 bridgehead atoms. The van der Waals surface area contributed by atoms with Gasteiger partial charge in [-0.1, -0.05) is 18.3 Å². The van der Waals surface area contributed by atoms with Crippen molar-refractivity contribution >= 4 is 18.1 Å². The standard InChI is InChI=1S/C18H20N2O2S/c1-22-14-7-8-15-12(10-14)4-2-5-13(15)11-20-17(21)16-6-3-9-19-18(16)23/h3,6-10,13H,2,4-5,11H2,1H3,(H,19,23)(H,20,21)/t13-/m1/s1. The second kappa shape index (κ2) is 6.96. The first kappa shape index (κ1) is 15.7. The summed E-state index contributed by atoms with van der Waals surface area (Å²) < 4.78 is 5.77. The van der Waals surface area contributed by atoms with Crippen molar-refractivity contribution in [3.05, 3.63) is 57.9 Å². The smallest absolute Gasteiger partial charge is 0.254 e. The Morgan fingerprint density at radius 2 is 2.30 bits per heavy atom. The van der Waals surface area contributed by atoms with Gasteiger partial charge >= 0.3 is 0 Å². The van der Waals surface area contributed by atoms with Crippen molar-refractivity contribution in [2.45, 2.75) is 25.2 Å². The van der Waals surface area contributed by atoms with Gasteiger partial charge in [0.25, 0.3) is 5.91 Å². The zero-order valence-electron chi connectivity index (χ0n) is 13.1. The van der Waals surface area contributed by atoms with Crippen molar-refractivity contribution in [1.29, 1.82) is 0 Å². The average molecular weight is 328 g/mol. The topological polar surface area (TPSA) is 54.1 Å². The SMILES string of the molecule is COc1ccc2c(c1)CCC[C@@H]2CNC(=O)c1ccc[nH]c1=S. The highest BCUT2D eigenvalue weighted by molar-refractivity contribution is 7.71. The molecule has 0 aliphatic heterocycles. The molecule has 0 saturated heterocycles. The lowest BCUT2D eigenvalue weighted by molar-refractivity contribution is 0.0949. The Hall–Kier alpha value is -2.14. The van der Waals surface area contributed by atoms with Crippen molar-refractivity contribution in [3.8, 4) is 5.75 Å². The molecule has 3 rings (SSSR count). The molecule has 23 heavy (non-hydrogen) atoms. The normalized spacial score (nSPS) is 16.5. The molecule has 1 aromatic heterocycles. The summed E-state index contributed by atoms with van der Waals surface area (Å²) in [6, 6.07) is 9.75. The first-order valence-electron chi connectivity index (χ1n) is 7.81. The fourth-order valence-corrected chi connectivity index (χ4v) is 3.37. The van der Waals surface area contributed by atoms with Crippen molar-refractivity contribution < 1.29 is 9.53 Å². The van der Waals surface area contributed by atoms with Gasteiger partial charge in [0.15, 0.2) is 0 Å². The van der Waals surface area contributed by atoms with Gasteiger partial charge in [0, 0.05) is 18.7 Å². The zero-order valence-corrected chi connectivity index (χ0v) is 13.9. The molecular formula is C18H20N2O2S. The quantitative estimate of drug-likeness (QED) is 0.843. The molecule has 1 aromatic carbocycles. The van der Waals surface area contributed by atoms with Crippen LogP contribution in [-0.2, 0) is 6.42 Å². The number of benzene rings is 1. The lowest BCUT2D eigenvalue weighted by Gasteiger charge is -2.26. The predicted octanol–water partition coefficient (Wildman–Crippen LogP) is 3.60. The number of aromatic nitrogens is 1. The van der Waals surface area contributed by atoms with E-state index in [1.807, 2.05) is 6.07 Å². The highest BCUT2D eigenvalue weighted by Crippen LogP contribution is 2.33. The highest BCUT2D eigenvalue weighted by atomic mass is 32.1. The molecule has 120 valence electrons. The van der Waals surface area contributed by atoms with E-state index in [4.69, 9.17) is 17.0 Å². The van der Waals surface area contributed by atoms with Gasteiger partial charge in [-0.2, -0.15) is 0 Å². The van der Waals surface area contributed by atoms with Crippen LogP contribution in [0.4, 0.5) is 0 Å². The summed E-state index contributed by atoms with van der Waals surface area (Å²) in [6.45, 7) is 0.627. The monoisotopic (exact) mass is 328 g/mol. The zero-order chi connectivity index (χ0) is 16.2. The number of hydrogen-bond donors (Lipinski definition) is 2. The number of amides is 1. The number of aromatic amines is 1. The van der Waals surface area contributed by atoms with Crippen LogP contribution in [0.5, 0.6) is 5.75 Å². The van der Waals surface area contributed by atoms with Crippen LogP contribution in [0.25, 0.3) is 0 Å². The largest absolute Gasteiger partial charge is 0.497 e. The molecule has 1 amide bonds. The van der Waals surface area contributed by atoms with E-state index >= 15 is 0 Å². The second-order valence-electron chi connectivity index (χ2n) is 5.78. The van der Waals surface area contributed by atoms with E-state index in [1.165, 1.54) is 11.1 Å². The number of fused-ring (bicyclic) bond motifs is 1. The van der Waals surface area contributed by atoms with Crippen LogP contribution in [0.3, 0.4) is 0 Å². The number of nitrogens with one attached hydrogen (secondary N) is 2. The van der Waals surface area contributed by atoms with E-state index < -0.39 is 0 Å². The summed E-state index contributed by atoms with van der Waals surface area (Å²) in [5, 5.41) is 3.02.